The van der Waals surface area contributed by atoms with Gasteiger partial charge >= 0.3 is 0 Å². The van der Waals surface area contributed by atoms with Gasteiger partial charge in [-0.2, -0.15) is 0 Å². The predicted molar refractivity (Wildman–Crippen MR) is 91.7 cm³/mol. The van der Waals surface area contributed by atoms with Gasteiger partial charge in [-0.25, -0.2) is 0 Å². The van der Waals surface area contributed by atoms with Crippen LogP contribution >= 0.6 is 0 Å². The van der Waals surface area contributed by atoms with Crippen LogP contribution in [-0.4, -0.2) is 38.7 Å². The zero-order valence-corrected chi connectivity index (χ0v) is 14.4. The van der Waals surface area contributed by atoms with Crippen LogP contribution in [0.3, 0.4) is 0 Å². The van der Waals surface area contributed by atoms with E-state index in [0.717, 1.165) is 50.4 Å². The number of benzene rings is 1. The van der Waals surface area contributed by atoms with Crippen molar-refractivity contribution in [3.05, 3.63) is 47.5 Å². The van der Waals surface area contributed by atoms with E-state index < -0.39 is 0 Å². The lowest BCUT2D eigenvalue weighted by Crippen LogP contribution is -2.36. The van der Waals surface area contributed by atoms with Crippen LogP contribution in [0.5, 0.6) is 0 Å². The first kappa shape index (κ1) is 15.4. The molecule has 5 heteroatoms. The number of carbonyl (C=O) groups is 1. The molecule has 126 valence electrons. The highest BCUT2D eigenvalue weighted by Gasteiger charge is 2.50. The Morgan fingerprint density at radius 2 is 1.79 bits per heavy atom. The molecular weight excluding hydrogens is 300 g/mol. The molecule has 2 heterocycles. The minimum atomic E-state index is 0.0569. The topological polar surface area (TPSA) is 51.0 Å². The van der Waals surface area contributed by atoms with Gasteiger partial charge in [-0.15, -0.1) is 10.2 Å². The molecule has 1 aromatic carbocycles. The zero-order valence-electron chi connectivity index (χ0n) is 14.4. The lowest BCUT2D eigenvalue weighted by molar-refractivity contribution is -0.129. The molecule has 0 spiro atoms. The van der Waals surface area contributed by atoms with Gasteiger partial charge in [-0.1, -0.05) is 30.3 Å². The summed E-state index contributed by atoms with van der Waals surface area (Å²) in [6.45, 7) is 3.30. The van der Waals surface area contributed by atoms with E-state index in [1.165, 1.54) is 5.56 Å². The highest BCUT2D eigenvalue weighted by Crippen LogP contribution is 2.52. The molecule has 0 radical (unpaired) electrons. The summed E-state index contributed by atoms with van der Waals surface area (Å²) in [5.41, 5.74) is 1.40. The maximum atomic E-state index is 11.5. The van der Waals surface area contributed by atoms with Gasteiger partial charge in [-0.3, -0.25) is 4.79 Å². The van der Waals surface area contributed by atoms with Crippen LogP contribution in [0.15, 0.2) is 30.3 Å². The Kier molecular flexibility index (Phi) is 3.66. The maximum absolute atomic E-state index is 11.5. The Hall–Kier alpha value is -2.17. The fraction of sp³-hybridized carbons (Fsp3) is 0.526. The number of hydrogen-bond acceptors (Lipinski definition) is 3. The van der Waals surface area contributed by atoms with Gasteiger partial charge in [0.15, 0.2) is 0 Å². The molecule has 1 aliphatic heterocycles. The fourth-order valence-electron chi connectivity index (χ4n) is 4.09. The summed E-state index contributed by atoms with van der Waals surface area (Å²) in [7, 11) is 2.10. The Balaban J connectivity index is 1.58. The van der Waals surface area contributed by atoms with E-state index in [9.17, 15) is 4.79 Å². The Morgan fingerprint density at radius 1 is 1.12 bits per heavy atom. The number of likely N-dealkylation sites (tertiary alicyclic amines) is 1. The van der Waals surface area contributed by atoms with Crippen molar-refractivity contribution in [1.29, 1.82) is 0 Å². The van der Waals surface area contributed by atoms with Gasteiger partial charge in [0.05, 0.1) is 5.41 Å². The number of rotatable bonds is 3. The maximum Gasteiger partial charge on any atom is 0.219 e. The lowest BCUT2D eigenvalue weighted by atomic mass is 9.94. The first-order valence-corrected chi connectivity index (χ1v) is 8.82. The second-order valence-electron chi connectivity index (χ2n) is 7.17. The molecule has 0 unspecified atom stereocenters. The van der Waals surface area contributed by atoms with Crippen LogP contribution in [0.1, 0.15) is 55.7 Å². The van der Waals surface area contributed by atoms with Crippen molar-refractivity contribution >= 4 is 5.91 Å². The van der Waals surface area contributed by atoms with E-state index in [-0.39, 0.29) is 11.3 Å². The molecule has 2 aliphatic rings. The molecule has 24 heavy (non-hydrogen) atoms. The third-order valence-corrected chi connectivity index (χ3v) is 5.72. The first-order valence-electron chi connectivity index (χ1n) is 8.82. The van der Waals surface area contributed by atoms with Crippen LogP contribution in [0, 0.1) is 0 Å². The molecule has 1 saturated heterocycles. The van der Waals surface area contributed by atoms with Crippen molar-refractivity contribution in [2.45, 2.75) is 43.9 Å². The van der Waals surface area contributed by atoms with Gasteiger partial charge in [0.1, 0.15) is 11.6 Å². The summed E-state index contributed by atoms with van der Waals surface area (Å²) in [4.78, 5) is 13.4. The summed E-state index contributed by atoms with van der Waals surface area (Å²) in [6, 6.07) is 10.7. The first-order chi connectivity index (χ1) is 11.6. The minimum absolute atomic E-state index is 0.0569. The van der Waals surface area contributed by atoms with Gasteiger partial charge in [0.2, 0.25) is 5.91 Å². The molecule has 1 aliphatic carbocycles. The Morgan fingerprint density at radius 3 is 2.38 bits per heavy atom. The summed E-state index contributed by atoms with van der Waals surface area (Å²) in [5.74, 6) is 2.75. The van der Waals surface area contributed by atoms with Crippen molar-refractivity contribution in [2.24, 2.45) is 7.05 Å². The molecule has 0 atom stereocenters. The average molecular weight is 324 g/mol. The van der Waals surface area contributed by atoms with Crippen molar-refractivity contribution in [2.75, 3.05) is 13.1 Å². The molecule has 1 aromatic heterocycles. The SMILES string of the molecule is CC(=O)N1CCC(c2nnc(C3(c4ccccc4)CC3)n2C)CC1. The third-order valence-electron chi connectivity index (χ3n) is 5.72. The minimum Gasteiger partial charge on any atom is -0.343 e. The van der Waals surface area contributed by atoms with E-state index in [2.05, 4.69) is 52.1 Å². The van der Waals surface area contributed by atoms with Crippen LogP contribution in [0.4, 0.5) is 0 Å². The van der Waals surface area contributed by atoms with Crippen molar-refractivity contribution in [3.63, 3.8) is 0 Å². The molecule has 1 amide bonds. The predicted octanol–water partition coefficient (Wildman–Crippen LogP) is 2.62. The quantitative estimate of drug-likeness (QED) is 0.872. The highest BCUT2D eigenvalue weighted by molar-refractivity contribution is 5.73. The second-order valence-corrected chi connectivity index (χ2v) is 7.17. The molecular formula is C19H24N4O. The molecule has 5 nitrogen and oxygen atoms in total. The number of piperidine rings is 1. The van der Waals surface area contributed by atoms with Gasteiger partial charge in [0, 0.05) is 33.0 Å². The van der Waals surface area contributed by atoms with Crippen molar-refractivity contribution in [3.8, 4) is 0 Å². The number of nitrogens with zero attached hydrogens (tertiary/aromatic N) is 4. The van der Waals surface area contributed by atoms with E-state index in [1.54, 1.807) is 6.92 Å². The average Bonchev–Trinajstić information content (AvgIpc) is 3.33. The smallest absolute Gasteiger partial charge is 0.219 e. The van der Waals surface area contributed by atoms with E-state index in [4.69, 9.17) is 0 Å². The number of hydrogen-bond donors (Lipinski definition) is 0. The monoisotopic (exact) mass is 324 g/mol. The Bertz CT molecular complexity index is 740. The summed E-state index contributed by atoms with van der Waals surface area (Å²) in [5, 5.41) is 9.14. The fourth-order valence-corrected chi connectivity index (χ4v) is 4.09. The normalized spacial score (nSPS) is 20.2. The summed E-state index contributed by atoms with van der Waals surface area (Å²) in [6.07, 6.45) is 4.24. The van der Waals surface area contributed by atoms with Crippen LogP contribution in [-0.2, 0) is 17.3 Å². The summed E-state index contributed by atoms with van der Waals surface area (Å²) >= 11 is 0. The standard InChI is InChI=1S/C19H24N4O/c1-14(24)23-12-8-15(9-13-23)17-20-21-18(22(17)2)19(10-11-19)16-6-4-3-5-7-16/h3-7,15H,8-13H2,1-2H3. The largest absolute Gasteiger partial charge is 0.343 e. The number of aromatic nitrogens is 3. The summed E-state index contributed by atoms with van der Waals surface area (Å²) < 4.78 is 2.22. The molecule has 0 bridgehead atoms. The van der Waals surface area contributed by atoms with Gasteiger partial charge in [0.25, 0.3) is 0 Å². The van der Waals surface area contributed by atoms with E-state index >= 15 is 0 Å². The molecule has 0 N–H and O–H groups in total. The molecule has 4 rings (SSSR count). The second kappa shape index (κ2) is 5.72. The van der Waals surface area contributed by atoms with Crippen LogP contribution < -0.4 is 0 Å². The molecule has 2 fully saturated rings. The third kappa shape index (κ3) is 2.43. The van der Waals surface area contributed by atoms with E-state index in [1.807, 2.05) is 4.90 Å². The highest BCUT2D eigenvalue weighted by atomic mass is 16.2. The lowest BCUT2D eigenvalue weighted by Gasteiger charge is -2.30. The molecule has 2 aromatic rings. The Labute approximate surface area is 142 Å². The van der Waals surface area contributed by atoms with Crippen molar-refractivity contribution < 1.29 is 4.79 Å². The van der Waals surface area contributed by atoms with Crippen molar-refractivity contribution in [1.82, 2.24) is 19.7 Å². The number of carbonyl (C=O) groups excluding carboxylic acids is 1. The van der Waals surface area contributed by atoms with Crippen LogP contribution in [0.2, 0.25) is 0 Å². The van der Waals surface area contributed by atoms with E-state index in [0.29, 0.717) is 5.92 Å². The molecule has 1 saturated carbocycles. The zero-order chi connectivity index (χ0) is 16.7. The van der Waals surface area contributed by atoms with Crippen LogP contribution in [0.25, 0.3) is 0 Å². The number of amides is 1. The van der Waals surface area contributed by atoms with Gasteiger partial charge < -0.3 is 9.47 Å². The van der Waals surface area contributed by atoms with Gasteiger partial charge in [-0.05, 0) is 31.2 Å².